The molecule has 0 aliphatic rings. The summed E-state index contributed by atoms with van der Waals surface area (Å²) in [5.41, 5.74) is 1.21. The number of ether oxygens (including phenoxy) is 1. The van der Waals surface area contributed by atoms with Gasteiger partial charge in [0.2, 0.25) is 0 Å². The van der Waals surface area contributed by atoms with E-state index in [0.717, 1.165) is 0 Å². The molecule has 14 heavy (non-hydrogen) atoms. The zero-order valence-electron chi connectivity index (χ0n) is 7.77. The summed E-state index contributed by atoms with van der Waals surface area (Å²) in [5.74, 6) is 0. The van der Waals surface area contributed by atoms with Crippen LogP contribution in [0.2, 0.25) is 0 Å². The van der Waals surface area contributed by atoms with Gasteiger partial charge in [-0.25, -0.2) is 0 Å². The van der Waals surface area contributed by atoms with Crippen LogP contribution < -0.4 is 0 Å². The Balaban J connectivity index is 2.17. The molecule has 0 saturated carbocycles. The lowest BCUT2D eigenvalue weighted by atomic mass is 10.2. The molecule has 1 N–H and O–H groups in total. The number of benzene rings is 1. The monoisotopic (exact) mass is 208 g/mol. The van der Waals surface area contributed by atoms with Crippen molar-refractivity contribution in [3.63, 3.8) is 0 Å². The lowest BCUT2D eigenvalue weighted by molar-refractivity contribution is 0.0823. The van der Waals surface area contributed by atoms with Gasteiger partial charge in [-0.05, 0) is 22.4 Å². The third-order valence-electron chi connectivity index (χ3n) is 2.05. The summed E-state index contributed by atoms with van der Waals surface area (Å²) in [6, 6.07) is 8.28. The Morgan fingerprint density at radius 1 is 1.29 bits per heavy atom. The highest BCUT2D eigenvalue weighted by Crippen LogP contribution is 2.25. The van der Waals surface area contributed by atoms with E-state index in [1.165, 1.54) is 15.6 Å². The van der Waals surface area contributed by atoms with Crippen molar-refractivity contribution in [1.29, 1.82) is 0 Å². The molecule has 1 heterocycles. The van der Waals surface area contributed by atoms with E-state index in [1.54, 1.807) is 11.3 Å². The van der Waals surface area contributed by atoms with Crippen molar-refractivity contribution < 1.29 is 9.84 Å². The van der Waals surface area contributed by atoms with Crippen LogP contribution in [-0.2, 0) is 11.3 Å². The minimum absolute atomic E-state index is 0.0854. The summed E-state index contributed by atoms with van der Waals surface area (Å²) in [6.07, 6.45) is 0. The molecule has 0 atom stereocenters. The molecule has 0 saturated heterocycles. The maximum Gasteiger partial charge on any atom is 0.0732 e. The summed E-state index contributed by atoms with van der Waals surface area (Å²) in [6.45, 7) is 1.08. The highest BCUT2D eigenvalue weighted by atomic mass is 32.1. The van der Waals surface area contributed by atoms with Crippen LogP contribution in [0, 0.1) is 0 Å². The van der Waals surface area contributed by atoms with Crippen LogP contribution in [0.5, 0.6) is 0 Å². The zero-order chi connectivity index (χ0) is 9.80. The fraction of sp³-hybridized carbons (Fsp3) is 0.273. The average molecular weight is 208 g/mol. The van der Waals surface area contributed by atoms with Gasteiger partial charge >= 0.3 is 0 Å². The first-order valence-electron chi connectivity index (χ1n) is 4.55. The van der Waals surface area contributed by atoms with Gasteiger partial charge in [-0.3, -0.25) is 0 Å². The number of fused-ring (bicyclic) bond motifs is 1. The zero-order valence-corrected chi connectivity index (χ0v) is 8.59. The Kier molecular flexibility index (Phi) is 3.14. The number of aliphatic hydroxyl groups excluding tert-OH is 1. The molecule has 0 aliphatic carbocycles. The summed E-state index contributed by atoms with van der Waals surface area (Å²) in [4.78, 5) is 0. The largest absolute Gasteiger partial charge is 0.394 e. The topological polar surface area (TPSA) is 29.5 Å². The van der Waals surface area contributed by atoms with E-state index in [2.05, 4.69) is 17.5 Å². The van der Waals surface area contributed by atoms with Crippen molar-refractivity contribution >= 4 is 21.4 Å². The summed E-state index contributed by atoms with van der Waals surface area (Å²) in [5, 5.41) is 12.0. The van der Waals surface area contributed by atoms with Crippen molar-refractivity contribution in [2.75, 3.05) is 13.2 Å². The van der Waals surface area contributed by atoms with Gasteiger partial charge in [0.25, 0.3) is 0 Å². The molecule has 74 valence electrons. The van der Waals surface area contributed by atoms with Crippen molar-refractivity contribution in [3.05, 3.63) is 35.2 Å². The van der Waals surface area contributed by atoms with Crippen LogP contribution in [0.4, 0.5) is 0 Å². The van der Waals surface area contributed by atoms with E-state index in [0.29, 0.717) is 13.2 Å². The van der Waals surface area contributed by atoms with E-state index in [-0.39, 0.29) is 6.61 Å². The Hall–Kier alpha value is -0.900. The van der Waals surface area contributed by atoms with Gasteiger partial charge in [0.15, 0.2) is 0 Å². The SMILES string of the molecule is OCCOCc1csc2ccccc12. The summed E-state index contributed by atoms with van der Waals surface area (Å²) >= 11 is 1.73. The molecule has 3 heteroatoms. The molecular weight excluding hydrogens is 196 g/mol. The highest BCUT2D eigenvalue weighted by molar-refractivity contribution is 7.17. The van der Waals surface area contributed by atoms with Crippen LogP contribution in [0.25, 0.3) is 10.1 Å². The lowest BCUT2D eigenvalue weighted by Gasteiger charge is -2.00. The normalized spacial score (nSPS) is 10.9. The highest BCUT2D eigenvalue weighted by Gasteiger charge is 2.02. The van der Waals surface area contributed by atoms with E-state index in [9.17, 15) is 0 Å². The molecule has 2 nitrogen and oxygen atoms in total. The van der Waals surface area contributed by atoms with Gasteiger partial charge < -0.3 is 9.84 Å². The Labute approximate surface area is 86.8 Å². The molecule has 0 fully saturated rings. The fourth-order valence-electron chi connectivity index (χ4n) is 1.39. The maximum absolute atomic E-state index is 8.59. The predicted molar refractivity (Wildman–Crippen MR) is 58.6 cm³/mol. The van der Waals surface area contributed by atoms with Crippen LogP contribution in [0.3, 0.4) is 0 Å². The molecule has 2 aromatic rings. The second-order valence-corrected chi connectivity index (χ2v) is 3.94. The molecule has 0 aliphatic heterocycles. The van der Waals surface area contributed by atoms with Crippen molar-refractivity contribution in [2.45, 2.75) is 6.61 Å². The first-order valence-corrected chi connectivity index (χ1v) is 5.43. The molecule has 0 radical (unpaired) electrons. The van der Waals surface area contributed by atoms with Crippen LogP contribution in [0.1, 0.15) is 5.56 Å². The van der Waals surface area contributed by atoms with Gasteiger partial charge in [0.05, 0.1) is 19.8 Å². The molecule has 2 rings (SSSR count). The molecule has 0 unspecified atom stereocenters. The number of aliphatic hydroxyl groups is 1. The smallest absolute Gasteiger partial charge is 0.0732 e. The molecular formula is C11H12O2S. The molecule has 1 aromatic carbocycles. The Bertz CT molecular complexity index is 408. The fourth-order valence-corrected chi connectivity index (χ4v) is 2.34. The molecule has 1 aromatic heterocycles. The Morgan fingerprint density at radius 2 is 2.14 bits per heavy atom. The summed E-state index contributed by atoms with van der Waals surface area (Å²) < 4.78 is 6.58. The van der Waals surface area contributed by atoms with Gasteiger partial charge in [-0.15, -0.1) is 11.3 Å². The first kappa shape index (κ1) is 9.65. The van der Waals surface area contributed by atoms with Gasteiger partial charge in [-0.1, -0.05) is 18.2 Å². The molecule has 0 spiro atoms. The van der Waals surface area contributed by atoms with Crippen molar-refractivity contribution in [3.8, 4) is 0 Å². The van der Waals surface area contributed by atoms with E-state index >= 15 is 0 Å². The third kappa shape index (κ3) is 1.95. The molecule has 0 bridgehead atoms. The number of hydrogen-bond acceptors (Lipinski definition) is 3. The first-order chi connectivity index (χ1) is 6.92. The van der Waals surface area contributed by atoms with Crippen molar-refractivity contribution in [1.82, 2.24) is 0 Å². The molecule has 0 amide bonds. The van der Waals surface area contributed by atoms with Crippen LogP contribution in [-0.4, -0.2) is 18.3 Å². The predicted octanol–water partition coefficient (Wildman–Crippen LogP) is 2.41. The average Bonchev–Trinajstić information content (AvgIpc) is 2.63. The standard InChI is InChI=1S/C11H12O2S/c12-5-6-13-7-9-8-14-11-4-2-1-3-10(9)11/h1-4,8,12H,5-7H2. The second-order valence-electron chi connectivity index (χ2n) is 3.03. The minimum atomic E-state index is 0.0854. The minimum Gasteiger partial charge on any atom is -0.394 e. The number of thiophene rings is 1. The van der Waals surface area contributed by atoms with Crippen molar-refractivity contribution in [2.24, 2.45) is 0 Å². The number of hydrogen-bond donors (Lipinski definition) is 1. The van der Waals surface area contributed by atoms with E-state index in [4.69, 9.17) is 9.84 Å². The van der Waals surface area contributed by atoms with E-state index < -0.39 is 0 Å². The lowest BCUT2D eigenvalue weighted by Crippen LogP contribution is -1.98. The second kappa shape index (κ2) is 4.55. The van der Waals surface area contributed by atoms with Gasteiger partial charge in [0.1, 0.15) is 0 Å². The van der Waals surface area contributed by atoms with Crippen LogP contribution in [0.15, 0.2) is 29.6 Å². The summed E-state index contributed by atoms with van der Waals surface area (Å²) in [7, 11) is 0. The third-order valence-corrected chi connectivity index (χ3v) is 3.07. The quantitative estimate of drug-likeness (QED) is 0.782. The van der Waals surface area contributed by atoms with Crippen LogP contribution >= 0.6 is 11.3 Å². The van der Waals surface area contributed by atoms with Gasteiger partial charge in [0, 0.05) is 4.70 Å². The van der Waals surface area contributed by atoms with E-state index in [1.807, 2.05) is 12.1 Å². The number of rotatable bonds is 4. The Morgan fingerprint density at radius 3 is 3.00 bits per heavy atom. The maximum atomic E-state index is 8.59. The van der Waals surface area contributed by atoms with Gasteiger partial charge in [-0.2, -0.15) is 0 Å².